The molecule has 10 heteroatoms. The Morgan fingerprint density at radius 3 is 1.50 bits per heavy atom. The summed E-state index contributed by atoms with van der Waals surface area (Å²) in [6.07, 6.45) is 3.68. The van der Waals surface area contributed by atoms with Crippen molar-refractivity contribution >= 4 is 34.1 Å². The van der Waals surface area contributed by atoms with Gasteiger partial charge in [-0.1, -0.05) is 12.1 Å². The van der Waals surface area contributed by atoms with Gasteiger partial charge in [0.2, 0.25) is 0 Å². The lowest BCUT2D eigenvalue weighted by molar-refractivity contribution is 0.0546. The molecule has 0 saturated heterocycles. The van der Waals surface area contributed by atoms with Gasteiger partial charge in [-0.2, -0.15) is 0 Å². The zero-order chi connectivity index (χ0) is 27.1. The van der Waals surface area contributed by atoms with Gasteiger partial charge in [0.05, 0.1) is 0 Å². The first-order chi connectivity index (χ1) is 18.3. The fourth-order valence-corrected chi connectivity index (χ4v) is 4.18. The summed E-state index contributed by atoms with van der Waals surface area (Å²) in [6.45, 7) is 1.37. The van der Waals surface area contributed by atoms with Gasteiger partial charge in [0.15, 0.2) is 0 Å². The van der Waals surface area contributed by atoms with Crippen molar-refractivity contribution in [2.24, 2.45) is 0 Å². The summed E-state index contributed by atoms with van der Waals surface area (Å²) in [5.41, 5.74) is 3.84. The number of ether oxygens (including phenoxy) is 4. The van der Waals surface area contributed by atoms with Crippen LogP contribution < -0.4 is 9.47 Å². The van der Waals surface area contributed by atoms with Crippen molar-refractivity contribution < 1.29 is 28.5 Å². The minimum absolute atomic E-state index is 0.174. The summed E-state index contributed by atoms with van der Waals surface area (Å²) in [6, 6.07) is 10.9. The van der Waals surface area contributed by atoms with Gasteiger partial charge >= 0.3 is 12.3 Å². The fourth-order valence-electron chi connectivity index (χ4n) is 4.18. The maximum Gasteiger partial charge on any atom is 0.513 e. The molecule has 0 radical (unpaired) electrons. The average molecular weight is 523 g/mol. The van der Waals surface area contributed by atoms with Crippen LogP contribution in [0.3, 0.4) is 0 Å². The molecule has 0 amide bonds. The van der Waals surface area contributed by atoms with Gasteiger partial charge in [-0.3, -0.25) is 0 Å². The first-order valence-corrected chi connectivity index (χ1v) is 12.5. The number of benzene rings is 2. The molecule has 38 heavy (non-hydrogen) atoms. The zero-order valence-corrected chi connectivity index (χ0v) is 22.2. The first-order valence-electron chi connectivity index (χ1n) is 12.5. The molecule has 0 spiro atoms. The van der Waals surface area contributed by atoms with Crippen molar-refractivity contribution in [2.45, 2.75) is 12.8 Å². The van der Waals surface area contributed by atoms with Crippen LogP contribution in [0.4, 0.5) is 9.59 Å². The molecule has 0 atom stereocenters. The van der Waals surface area contributed by atoms with Gasteiger partial charge in [0.1, 0.15) is 24.7 Å². The summed E-state index contributed by atoms with van der Waals surface area (Å²) in [5.74, 6) is 0.819. The quantitative estimate of drug-likeness (QED) is 0.167. The molecule has 0 saturated carbocycles. The molecule has 2 aromatic carbocycles. The molecule has 0 fully saturated rings. The van der Waals surface area contributed by atoms with Gasteiger partial charge in [-0.25, -0.2) is 9.59 Å². The Bertz CT molecular complexity index is 1280. The van der Waals surface area contributed by atoms with Crippen LogP contribution in [0.1, 0.15) is 11.1 Å². The number of likely N-dealkylation sites (N-methyl/N-ethyl adjacent to an activating group) is 2. The maximum atomic E-state index is 12.3. The van der Waals surface area contributed by atoms with E-state index in [0.29, 0.717) is 11.5 Å². The molecule has 0 unspecified atom stereocenters. The average Bonchev–Trinajstić information content (AvgIpc) is 3.49. The summed E-state index contributed by atoms with van der Waals surface area (Å²) >= 11 is 0. The molecule has 2 aromatic heterocycles. The number of fused-ring (bicyclic) bond motifs is 2. The van der Waals surface area contributed by atoms with Gasteiger partial charge in [-0.05, 0) is 76.4 Å². The molecular weight excluding hydrogens is 488 g/mol. The lowest BCUT2D eigenvalue weighted by Gasteiger charge is -2.11. The van der Waals surface area contributed by atoms with Crippen LogP contribution in [0.2, 0.25) is 0 Å². The minimum Gasteiger partial charge on any atom is -0.430 e. The second kappa shape index (κ2) is 12.5. The molecule has 0 aliphatic heterocycles. The molecule has 2 N–H and O–H groups in total. The normalized spacial score (nSPS) is 11.4. The van der Waals surface area contributed by atoms with Crippen LogP contribution in [0.15, 0.2) is 48.8 Å². The van der Waals surface area contributed by atoms with E-state index in [2.05, 4.69) is 19.8 Å². The van der Waals surface area contributed by atoms with E-state index in [0.717, 1.165) is 58.9 Å². The minimum atomic E-state index is -0.878. The third-order valence-electron chi connectivity index (χ3n) is 6.06. The van der Waals surface area contributed by atoms with Gasteiger partial charge in [-0.15, -0.1) is 0 Å². The van der Waals surface area contributed by atoms with Crippen LogP contribution in [-0.2, 0) is 22.3 Å². The summed E-state index contributed by atoms with van der Waals surface area (Å²) in [5, 5.41) is 1.69. The molecule has 4 aromatic rings. The van der Waals surface area contributed by atoms with E-state index in [1.54, 1.807) is 24.3 Å². The highest BCUT2D eigenvalue weighted by molar-refractivity contribution is 5.91. The van der Waals surface area contributed by atoms with Crippen LogP contribution in [-0.4, -0.2) is 86.6 Å². The zero-order valence-electron chi connectivity index (χ0n) is 22.2. The second-order valence-corrected chi connectivity index (χ2v) is 9.49. The number of carbonyl (C=O) groups excluding carboxylic acids is 2. The Labute approximate surface area is 221 Å². The molecule has 0 aliphatic rings. The number of nitrogens with one attached hydrogen (secondary N) is 2. The molecule has 10 nitrogen and oxygen atoms in total. The van der Waals surface area contributed by atoms with Crippen molar-refractivity contribution in [1.29, 1.82) is 0 Å². The predicted molar refractivity (Wildman–Crippen MR) is 145 cm³/mol. The number of carbonyl (C=O) groups is 2. The fraction of sp³-hybridized carbons (Fsp3) is 0.357. The van der Waals surface area contributed by atoms with Crippen molar-refractivity contribution in [3.63, 3.8) is 0 Å². The van der Waals surface area contributed by atoms with Crippen molar-refractivity contribution in [3.05, 3.63) is 59.9 Å². The highest BCUT2D eigenvalue weighted by Gasteiger charge is 2.16. The highest BCUT2D eigenvalue weighted by atomic mass is 16.7. The molecule has 202 valence electrons. The van der Waals surface area contributed by atoms with E-state index in [9.17, 15) is 9.59 Å². The van der Waals surface area contributed by atoms with Crippen molar-refractivity contribution in [1.82, 2.24) is 19.8 Å². The van der Waals surface area contributed by atoms with Gasteiger partial charge in [0.25, 0.3) is 0 Å². The number of hydrogen-bond acceptors (Lipinski definition) is 8. The second-order valence-electron chi connectivity index (χ2n) is 9.49. The maximum absolute atomic E-state index is 12.3. The monoisotopic (exact) mass is 522 g/mol. The Morgan fingerprint density at radius 2 is 1.11 bits per heavy atom. The Balaban J connectivity index is 1.28. The topological polar surface area (TPSA) is 109 Å². The third kappa shape index (κ3) is 6.84. The summed E-state index contributed by atoms with van der Waals surface area (Å²) in [4.78, 5) is 35.2. The molecule has 4 rings (SSSR count). The van der Waals surface area contributed by atoms with Crippen LogP contribution >= 0.6 is 0 Å². The van der Waals surface area contributed by atoms with Gasteiger partial charge < -0.3 is 38.7 Å². The molecule has 0 aliphatic carbocycles. The number of nitrogens with zero attached hydrogens (tertiary/aromatic N) is 2. The number of hydrogen-bond donors (Lipinski definition) is 2. The van der Waals surface area contributed by atoms with Crippen LogP contribution in [0.25, 0.3) is 21.8 Å². The van der Waals surface area contributed by atoms with E-state index in [1.807, 2.05) is 52.7 Å². The Kier molecular flexibility index (Phi) is 8.88. The lowest BCUT2D eigenvalue weighted by Crippen LogP contribution is -2.18. The van der Waals surface area contributed by atoms with Crippen LogP contribution in [0, 0.1) is 0 Å². The smallest absolute Gasteiger partial charge is 0.430 e. The third-order valence-corrected chi connectivity index (χ3v) is 6.06. The number of aromatic amines is 2. The van der Waals surface area contributed by atoms with E-state index in [1.165, 1.54) is 0 Å². The van der Waals surface area contributed by atoms with E-state index >= 15 is 0 Å². The number of aromatic nitrogens is 2. The molecule has 0 bridgehead atoms. The van der Waals surface area contributed by atoms with E-state index < -0.39 is 12.3 Å². The van der Waals surface area contributed by atoms with E-state index in [4.69, 9.17) is 18.9 Å². The first kappa shape index (κ1) is 27.0. The molecule has 2 heterocycles. The van der Waals surface area contributed by atoms with E-state index in [-0.39, 0.29) is 13.2 Å². The van der Waals surface area contributed by atoms with Crippen LogP contribution in [0.5, 0.6) is 11.5 Å². The summed E-state index contributed by atoms with van der Waals surface area (Å²) < 4.78 is 21.1. The SMILES string of the molecule is CN(C)CCc1c[nH]c2cccc(OC(=O)OCCOC(=O)Oc3cccc4[nH]cc(CCN(C)C)c34)c12. The predicted octanol–water partition coefficient (Wildman–Crippen LogP) is 4.59. The Hall–Kier alpha value is -4.02. The summed E-state index contributed by atoms with van der Waals surface area (Å²) in [7, 11) is 8.02. The lowest BCUT2D eigenvalue weighted by atomic mass is 10.1. The largest absolute Gasteiger partial charge is 0.513 e. The van der Waals surface area contributed by atoms with Crippen molar-refractivity contribution in [3.8, 4) is 11.5 Å². The number of rotatable bonds is 11. The molecular formula is C28H34N4O6. The highest BCUT2D eigenvalue weighted by Crippen LogP contribution is 2.30. The Morgan fingerprint density at radius 1 is 0.684 bits per heavy atom. The standard InChI is InChI=1S/C28H34N4O6/c1-31(2)13-11-19-17-29-21-7-5-9-23(25(19)21)37-27(33)35-15-16-36-28(34)38-24-10-6-8-22-26(24)20(18-30-22)12-14-32(3)4/h5-10,17-18,29-30H,11-16H2,1-4H3. The number of H-pyrrole nitrogens is 2. The van der Waals surface area contributed by atoms with Crippen molar-refractivity contribution in [2.75, 3.05) is 54.5 Å². The van der Waals surface area contributed by atoms with Gasteiger partial charge in [0, 0.05) is 47.3 Å².